The molecule has 0 saturated heterocycles. The number of carbonyl (C=O) groups excluding carboxylic acids is 1. The highest BCUT2D eigenvalue weighted by Crippen LogP contribution is 2.19. The fraction of sp³-hybridized carbons (Fsp3) is 0.292. The molecule has 0 atom stereocenters. The Balaban J connectivity index is 0.00000363. The van der Waals surface area contributed by atoms with Crippen LogP contribution in [0.2, 0.25) is 0 Å². The molecule has 0 aliphatic carbocycles. The summed E-state index contributed by atoms with van der Waals surface area (Å²) in [5.41, 5.74) is 4.81. The fourth-order valence-electron chi connectivity index (χ4n) is 2.99. The van der Waals surface area contributed by atoms with E-state index in [0.717, 1.165) is 23.2 Å². The van der Waals surface area contributed by atoms with E-state index in [4.69, 9.17) is 4.42 Å². The quantitative estimate of drug-likeness (QED) is 0.267. The first-order valence-electron chi connectivity index (χ1n) is 10.2. The van der Waals surface area contributed by atoms with Crippen LogP contribution in [-0.2, 0) is 13.0 Å². The topological polar surface area (TPSA) is 82.8 Å². The maximum Gasteiger partial charge on any atom is 0.253 e. The Labute approximate surface area is 206 Å². The summed E-state index contributed by atoms with van der Waals surface area (Å²) >= 11 is 0. The zero-order chi connectivity index (χ0) is 22.2. The average Bonchev–Trinajstić information content (AvgIpc) is 3.25. The van der Waals surface area contributed by atoms with E-state index in [-0.39, 0.29) is 29.9 Å². The molecule has 8 heteroatoms. The van der Waals surface area contributed by atoms with Crippen LogP contribution >= 0.6 is 24.0 Å². The van der Waals surface area contributed by atoms with Crippen LogP contribution in [0, 0.1) is 6.92 Å². The molecule has 0 spiro atoms. The van der Waals surface area contributed by atoms with Crippen molar-refractivity contribution in [2.75, 3.05) is 27.7 Å². The first-order chi connectivity index (χ1) is 15.0. The summed E-state index contributed by atoms with van der Waals surface area (Å²) in [4.78, 5) is 22.4. The maximum atomic E-state index is 12.0. The Morgan fingerprint density at radius 2 is 1.75 bits per heavy atom. The molecule has 1 aromatic heterocycles. The number of nitrogens with one attached hydrogen (secondary N) is 2. The highest BCUT2D eigenvalue weighted by atomic mass is 127. The standard InChI is InChI=1S/C24H29N5O2.HI/c1-17-5-9-19(10-6-17)22-28-21(16-31-22)13-14-26-24(25-2)27-15-18-7-11-20(12-8-18)23(30)29(3)4;/h5-12,16H,13-15H2,1-4H3,(H2,25,26,27);1H. The summed E-state index contributed by atoms with van der Waals surface area (Å²) in [6, 6.07) is 15.7. The Morgan fingerprint density at radius 3 is 2.38 bits per heavy atom. The monoisotopic (exact) mass is 547 g/mol. The number of amides is 1. The SMILES string of the molecule is CN=C(NCCc1coc(-c2ccc(C)cc2)n1)NCc1ccc(C(=O)N(C)C)cc1.I. The molecule has 170 valence electrons. The van der Waals surface area contributed by atoms with Crippen molar-refractivity contribution in [1.29, 1.82) is 0 Å². The number of nitrogens with zero attached hydrogens (tertiary/aromatic N) is 3. The van der Waals surface area contributed by atoms with Gasteiger partial charge in [-0.15, -0.1) is 24.0 Å². The minimum absolute atomic E-state index is 0. The second-order valence-corrected chi connectivity index (χ2v) is 7.51. The number of guanidine groups is 1. The van der Waals surface area contributed by atoms with E-state index >= 15 is 0 Å². The normalized spacial score (nSPS) is 10.9. The van der Waals surface area contributed by atoms with Crippen molar-refractivity contribution < 1.29 is 9.21 Å². The lowest BCUT2D eigenvalue weighted by Crippen LogP contribution is -2.37. The molecule has 2 N–H and O–H groups in total. The first-order valence-corrected chi connectivity index (χ1v) is 10.2. The number of aryl methyl sites for hydroxylation is 1. The van der Waals surface area contributed by atoms with Crippen LogP contribution in [0.4, 0.5) is 0 Å². The number of aliphatic imine (C=N–C) groups is 1. The number of halogens is 1. The third kappa shape index (κ3) is 7.08. The molecule has 0 unspecified atom stereocenters. The van der Waals surface area contributed by atoms with Crippen LogP contribution in [0.3, 0.4) is 0 Å². The maximum absolute atomic E-state index is 12.0. The van der Waals surface area contributed by atoms with Crippen molar-refractivity contribution in [2.45, 2.75) is 19.9 Å². The smallest absolute Gasteiger partial charge is 0.253 e. The van der Waals surface area contributed by atoms with Crippen molar-refractivity contribution in [1.82, 2.24) is 20.5 Å². The Morgan fingerprint density at radius 1 is 1.06 bits per heavy atom. The second kappa shape index (κ2) is 12.2. The molecule has 1 heterocycles. The molecule has 7 nitrogen and oxygen atoms in total. The summed E-state index contributed by atoms with van der Waals surface area (Å²) in [5, 5.41) is 6.57. The molecule has 3 aromatic rings. The highest BCUT2D eigenvalue weighted by Gasteiger charge is 2.08. The first kappa shape index (κ1) is 25.4. The second-order valence-electron chi connectivity index (χ2n) is 7.51. The average molecular weight is 547 g/mol. The Bertz CT molecular complexity index is 1030. The molecule has 2 aromatic carbocycles. The Kier molecular flexibility index (Phi) is 9.70. The molecule has 3 rings (SSSR count). The lowest BCUT2D eigenvalue weighted by Gasteiger charge is -2.13. The van der Waals surface area contributed by atoms with E-state index in [1.54, 1.807) is 32.3 Å². The van der Waals surface area contributed by atoms with Gasteiger partial charge >= 0.3 is 0 Å². The number of hydrogen-bond donors (Lipinski definition) is 2. The van der Waals surface area contributed by atoms with Crippen LogP contribution in [0.15, 0.2) is 64.2 Å². The van der Waals surface area contributed by atoms with Gasteiger partial charge < -0.3 is 20.0 Å². The third-order valence-corrected chi connectivity index (χ3v) is 4.81. The molecule has 0 fully saturated rings. The van der Waals surface area contributed by atoms with Gasteiger partial charge in [-0.25, -0.2) is 4.98 Å². The predicted octanol–water partition coefficient (Wildman–Crippen LogP) is 3.88. The largest absolute Gasteiger partial charge is 0.444 e. The van der Waals surface area contributed by atoms with E-state index < -0.39 is 0 Å². The van der Waals surface area contributed by atoms with Crippen LogP contribution < -0.4 is 10.6 Å². The summed E-state index contributed by atoms with van der Waals surface area (Å²) < 4.78 is 5.61. The number of carbonyl (C=O) groups is 1. The minimum atomic E-state index is -0.00428. The van der Waals surface area contributed by atoms with E-state index in [1.807, 2.05) is 48.5 Å². The van der Waals surface area contributed by atoms with Gasteiger partial charge in [0, 0.05) is 51.8 Å². The molecular weight excluding hydrogens is 517 g/mol. The van der Waals surface area contributed by atoms with E-state index in [9.17, 15) is 4.79 Å². The molecule has 0 bridgehead atoms. The van der Waals surface area contributed by atoms with Crippen molar-refractivity contribution >= 4 is 35.8 Å². The van der Waals surface area contributed by atoms with Crippen molar-refractivity contribution in [3.05, 3.63) is 77.2 Å². The predicted molar refractivity (Wildman–Crippen MR) is 138 cm³/mol. The molecule has 0 saturated carbocycles. The number of oxazole rings is 1. The van der Waals surface area contributed by atoms with Crippen LogP contribution in [0.5, 0.6) is 0 Å². The lowest BCUT2D eigenvalue weighted by atomic mass is 10.1. The van der Waals surface area contributed by atoms with Gasteiger partial charge in [-0.2, -0.15) is 0 Å². The molecule has 0 aliphatic heterocycles. The zero-order valence-corrected chi connectivity index (χ0v) is 21.2. The van der Waals surface area contributed by atoms with Crippen LogP contribution in [0.1, 0.15) is 27.2 Å². The molecule has 0 aliphatic rings. The van der Waals surface area contributed by atoms with Crippen LogP contribution in [-0.4, -0.2) is 49.4 Å². The fourth-order valence-corrected chi connectivity index (χ4v) is 2.99. The number of rotatable bonds is 7. The van der Waals surface area contributed by atoms with Crippen LogP contribution in [0.25, 0.3) is 11.5 Å². The van der Waals surface area contributed by atoms with Gasteiger partial charge in [-0.05, 0) is 36.8 Å². The van der Waals surface area contributed by atoms with Gasteiger partial charge in [-0.3, -0.25) is 9.79 Å². The van der Waals surface area contributed by atoms with Gasteiger partial charge in [0.1, 0.15) is 6.26 Å². The molecule has 32 heavy (non-hydrogen) atoms. The molecule has 0 radical (unpaired) electrons. The van der Waals surface area contributed by atoms with Gasteiger partial charge in [0.2, 0.25) is 5.89 Å². The lowest BCUT2D eigenvalue weighted by molar-refractivity contribution is 0.0827. The van der Waals surface area contributed by atoms with Crippen molar-refractivity contribution in [3.63, 3.8) is 0 Å². The number of hydrogen-bond acceptors (Lipinski definition) is 4. The van der Waals surface area contributed by atoms with E-state index in [0.29, 0.717) is 30.5 Å². The highest BCUT2D eigenvalue weighted by molar-refractivity contribution is 14.0. The minimum Gasteiger partial charge on any atom is -0.444 e. The van der Waals surface area contributed by atoms with E-state index in [1.165, 1.54) is 5.56 Å². The summed E-state index contributed by atoms with van der Waals surface area (Å²) in [7, 11) is 5.23. The number of aromatic nitrogens is 1. The zero-order valence-electron chi connectivity index (χ0n) is 18.9. The molecule has 1 amide bonds. The number of benzene rings is 2. The summed E-state index contributed by atoms with van der Waals surface area (Å²) in [6.07, 6.45) is 2.42. The summed E-state index contributed by atoms with van der Waals surface area (Å²) in [5.74, 6) is 1.33. The summed E-state index contributed by atoms with van der Waals surface area (Å²) in [6.45, 7) is 3.34. The van der Waals surface area contributed by atoms with Gasteiger partial charge in [0.15, 0.2) is 5.96 Å². The third-order valence-electron chi connectivity index (χ3n) is 4.81. The van der Waals surface area contributed by atoms with Crippen molar-refractivity contribution in [2.24, 2.45) is 4.99 Å². The van der Waals surface area contributed by atoms with Gasteiger partial charge in [-0.1, -0.05) is 29.8 Å². The molecular formula is C24H30IN5O2. The van der Waals surface area contributed by atoms with Gasteiger partial charge in [0.05, 0.1) is 5.69 Å². The van der Waals surface area contributed by atoms with E-state index in [2.05, 4.69) is 27.5 Å². The van der Waals surface area contributed by atoms with Gasteiger partial charge in [0.25, 0.3) is 5.91 Å². The Hall–Kier alpha value is -2.88. The van der Waals surface area contributed by atoms with Crippen molar-refractivity contribution in [3.8, 4) is 11.5 Å².